The third-order valence-electron chi connectivity index (χ3n) is 2.55. The minimum atomic E-state index is -3.46. The zero-order chi connectivity index (χ0) is 13.5. The lowest BCUT2D eigenvalue weighted by atomic mass is 10.4. The first-order valence-electron chi connectivity index (χ1n) is 5.25. The fraction of sp³-hybridized carbons (Fsp3) is 0.444. The van der Waals surface area contributed by atoms with Gasteiger partial charge in [-0.2, -0.15) is 4.68 Å². The van der Waals surface area contributed by atoms with Gasteiger partial charge in [0, 0.05) is 4.88 Å². The number of hydrogen-bond acceptors (Lipinski definition) is 7. The highest BCUT2D eigenvalue weighted by molar-refractivity contribution is 7.91. The largest absolute Gasteiger partial charge is 0.381 e. The Kier molecular flexibility index (Phi) is 3.11. The highest BCUT2D eigenvalue weighted by Gasteiger charge is 2.23. The van der Waals surface area contributed by atoms with Gasteiger partial charge in [-0.25, -0.2) is 13.4 Å². The number of thiazole rings is 1. The molecule has 2 N–H and O–H groups in total. The van der Waals surface area contributed by atoms with E-state index in [1.807, 2.05) is 13.8 Å². The van der Waals surface area contributed by atoms with E-state index in [1.165, 1.54) is 22.9 Å². The molecule has 0 aliphatic heterocycles. The summed E-state index contributed by atoms with van der Waals surface area (Å²) < 4.78 is 24.7. The normalized spacial score (nSPS) is 11.9. The third-order valence-corrected chi connectivity index (χ3v) is 5.23. The zero-order valence-corrected chi connectivity index (χ0v) is 11.8. The van der Waals surface area contributed by atoms with Crippen LogP contribution in [0.25, 0.3) is 5.13 Å². The fourth-order valence-electron chi connectivity index (χ4n) is 1.32. The lowest BCUT2D eigenvalue weighted by molar-refractivity contribution is 0.593. The second-order valence-corrected chi connectivity index (χ2v) is 7.11. The molecule has 0 aliphatic rings. The quantitative estimate of drug-likeness (QED) is 0.892. The van der Waals surface area contributed by atoms with Gasteiger partial charge in [-0.3, -0.25) is 0 Å². The zero-order valence-electron chi connectivity index (χ0n) is 10.2. The first-order valence-corrected chi connectivity index (χ1v) is 7.72. The summed E-state index contributed by atoms with van der Waals surface area (Å²) in [5.74, 6) is -0.0585. The second-order valence-electron chi connectivity index (χ2n) is 3.73. The lowest BCUT2D eigenvalue weighted by Gasteiger charge is -1.99. The molecule has 0 aromatic carbocycles. The Morgan fingerprint density at radius 3 is 2.56 bits per heavy atom. The predicted octanol–water partition coefficient (Wildman–Crippen LogP) is 0.716. The molecule has 18 heavy (non-hydrogen) atoms. The lowest BCUT2D eigenvalue weighted by Crippen LogP contribution is -2.08. The average Bonchev–Trinajstić information content (AvgIpc) is 2.84. The van der Waals surface area contributed by atoms with E-state index in [9.17, 15) is 8.42 Å². The van der Waals surface area contributed by atoms with Gasteiger partial charge in [-0.1, -0.05) is 23.5 Å². The molecule has 0 saturated heterocycles. The standard InChI is InChI=1S/C9H13N5O2S2/c1-4-18(15,16)8-7(10)14(13-12-8)9-11-5(2)6(3)17-9/h4,10H2,1-3H3. The van der Waals surface area contributed by atoms with Crippen LogP contribution in [0, 0.1) is 13.8 Å². The maximum Gasteiger partial charge on any atom is 0.221 e. The van der Waals surface area contributed by atoms with Crippen molar-refractivity contribution in [1.29, 1.82) is 0 Å². The van der Waals surface area contributed by atoms with Gasteiger partial charge in [0.15, 0.2) is 5.82 Å². The third kappa shape index (κ3) is 1.99. The van der Waals surface area contributed by atoms with E-state index in [2.05, 4.69) is 15.3 Å². The summed E-state index contributed by atoms with van der Waals surface area (Å²) in [5.41, 5.74) is 6.65. The van der Waals surface area contributed by atoms with E-state index in [1.54, 1.807) is 0 Å². The predicted molar refractivity (Wildman–Crippen MR) is 68.6 cm³/mol. The molecule has 2 heterocycles. The van der Waals surface area contributed by atoms with Crippen molar-refractivity contribution >= 4 is 27.0 Å². The van der Waals surface area contributed by atoms with Crippen LogP contribution in [0.1, 0.15) is 17.5 Å². The van der Waals surface area contributed by atoms with E-state index >= 15 is 0 Å². The first-order chi connectivity index (χ1) is 8.36. The summed E-state index contributed by atoms with van der Waals surface area (Å²) in [6, 6.07) is 0. The van der Waals surface area contributed by atoms with E-state index in [-0.39, 0.29) is 16.6 Å². The minimum absolute atomic E-state index is 0.00519. The van der Waals surface area contributed by atoms with Crippen molar-refractivity contribution < 1.29 is 8.42 Å². The van der Waals surface area contributed by atoms with Gasteiger partial charge in [-0.15, -0.1) is 5.10 Å². The number of nitrogen functional groups attached to an aromatic ring is 1. The van der Waals surface area contributed by atoms with Crippen LogP contribution in [0.3, 0.4) is 0 Å². The number of nitrogens with two attached hydrogens (primary N) is 1. The van der Waals surface area contributed by atoms with E-state index in [0.29, 0.717) is 5.13 Å². The molecule has 0 fully saturated rings. The van der Waals surface area contributed by atoms with Crippen LogP contribution in [0.15, 0.2) is 5.03 Å². The van der Waals surface area contributed by atoms with Gasteiger partial charge >= 0.3 is 0 Å². The number of aryl methyl sites for hydroxylation is 2. The van der Waals surface area contributed by atoms with Gasteiger partial charge in [0.05, 0.1) is 11.4 Å². The Hall–Kier alpha value is -1.48. The summed E-state index contributed by atoms with van der Waals surface area (Å²) in [4.78, 5) is 5.29. The van der Waals surface area contributed by atoms with Crippen LogP contribution in [-0.2, 0) is 9.84 Å². The summed E-state index contributed by atoms with van der Waals surface area (Å²) >= 11 is 1.39. The highest BCUT2D eigenvalue weighted by atomic mass is 32.2. The summed E-state index contributed by atoms with van der Waals surface area (Å²) in [7, 11) is -3.46. The molecule has 0 aliphatic carbocycles. The molecule has 2 rings (SSSR count). The monoisotopic (exact) mass is 287 g/mol. The Morgan fingerprint density at radius 2 is 2.06 bits per heavy atom. The SMILES string of the molecule is CCS(=O)(=O)c1nnn(-c2nc(C)c(C)s2)c1N. The van der Waals surface area contributed by atoms with Crippen molar-refractivity contribution in [2.45, 2.75) is 25.8 Å². The van der Waals surface area contributed by atoms with Gasteiger partial charge < -0.3 is 5.73 Å². The van der Waals surface area contributed by atoms with Crippen molar-refractivity contribution in [1.82, 2.24) is 20.0 Å². The number of anilines is 1. The molecule has 7 nitrogen and oxygen atoms in total. The molecule has 98 valence electrons. The van der Waals surface area contributed by atoms with Crippen molar-refractivity contribution in [2.75, 3.05) is 11.5 Å². The first kappa shape index (κ1) is 13.0. The van der Waals surface area contributed by atoms with Gasteiger partial charge in [0.25, 0.3) is 0 Å². The van der Waals surface area contributed by atoms with Crippen LogP contribution in [0.2, 0.25) is 0 Å². The minimum Gasteiger partial charge on any atom is -0.381 e. The van der Waals surface area contributed by atoms with Gasteiger partial charge in [-0.05, 0) is 13.8 Å². The molecular weight excluding hydrogens is 274 g/mol. The number of hydrogen-bond donors (Lipinski definition) is 1. The van der Waals surface area contributed by atoms with E-state index in [4.69, 9.17) is 5.73 Å². The van der Waals surface area contributed by atoms with Crippen molar-refractivity contribution in [3.8, 4) is 5.13 Å². The summed E-state index contributed by atoms with van der Waals surface area (Å²) in [6.07, 6.45) is 0. The van der Waals surface area contributed by atoms with Crippen LogP contribution >= 0.6 is 11.3 Å². The number of aromatic nitrogens is 4. The average molecular weight is 287 g/mol. The fourth-order valence-corrected chi connectivity index (χ4v) is 3.03. The van der Waals surface area contributed by atoms with E-state index < -0.39 is 9.84 Å². The van der Waals surface area contributed by atoms with Crippen molar-refractivity contribution in [3.05, 3.63) is 10.6 Å². The Bertz CT molecular complexity index is 666. The summed E-state index contributed by atoms with van der Waals surface area (Å²) in [6.45, 7) is 5.32. The second kappa shape index (κ2) is 4.32. The molecule has 9 heteroatoms. The maximum atomic E-state index is 11.7. The van der Waals surface area contributed by atoms with Crippen molar-refractivity contribution in [3.63, 3.8) is 0 Å². The Morgan fingerprint density at radius 1 is 1.39 bits per heavy atom. The molecule has 0 bridgehead atoms. The van der Waals surface area contributed by atoms with Gasteiger partial charge in [0.1, 0.15) is 0 Å². The maximum absolute atomic E-state index is 11.7. The Balaban J connectivity index is 2.56. The molecule has 0 atom stereocenters. The molecule has 0 spiro atoms. The topological polar surface area (TPSA) is 104 Å². The van der Waals surface area contributed by atoms with Gasteiger partial charge in [0.2, 0.25) is 20.0 Å². The molecule has 0 unspecified atom stereocenters. The molecule has 0 amide bonds. The van der Waals surface area contributed by atoms with Crippen LogP contribution in [0.5, 0.6) is 0 Å². The van der Waals surface area contributed by atoms with Crippen LogP contribution in [0.4, 0.5) is 5.82 Å². The number of sulfone groups is 1. The van der Waals surface area contributed by atoms with Crippen LogP contribution in [-0.4, -0.2) is 34.1 Å². The van der Waals surface area contributed by atoms with Crippen LogP contribution < -0.4 is 5.73 Å². The Labute approximate surface area is 109 Å². The van der Waals surface area contributed by atoms with Crippen molar-refractivity contribution in [2.24, 2.45) is 0 Å². The summed E-state index contributed by atoms with van der Waals surface area (Å²) in [5, 5.41) is 7.74. The molecular formula is C9H13N5O2S2. The number of nitrogens with zero attached hydrogens (tertiary/aromatic N) is 4. The van der Waals surface area contributed by atoms with E-state index in [0.717, 1.165) is 10.6 Å². The molecule has 0 saturated carbocycles. The molecule has 2 aromatic heterocycles. The highest BCUT2D eigenvalue weighted by Crippen LogP contribution is 2.24. The molecule has 2 aromatic rings. The molecule has 0 radical (unpaired) electrons. The smallest absolute Gasteiger partial charge is 0.221 e. The number of rotatable bonds is 3.